The maximum atomic E-state index is 5.98. The number of halogens is 2. The van der Waals surface area contributed by atoms with Crippen LogP contribution >= 0.6 is 27.5 Å². The smallest absolute Gasteiger partial charge is 0.146 e. The van der Waals surface area contributed by atoms with Gasteiger partial charge in [0.15, 0.2) is 0 Å². The molecule has 15 heavy (non-hydrogen) atoms. The molecule has 1 aliphatic rings. The lowest BCUT2D eigenvalue weighted by atomic mass is 10.00. The molecule has 0 saturated heterocycles. The number of hydrogen-bond acceptors (Lipinski definition) is 2. The van der Waals surface area contributed by atoms with E-state index in [-0.39, 0.29) is 0 Å². The fourth-order valence-corrected chi connectivity index (χ4v) is 2.42. The Labute approximate surface area is 104 Å². The second kappa shape index (κ2) is 5.26. The molecule has 0 unspecified atom stereocenters. The molecule has 1 heterocycles. The van der Waals surface area contributed by atoms with Crippen LogP contribution in [0.15, 0.2) is 10.7 Å². The van der Waals surface area contributed by atoms with Gasteiger partial charge in [-0.2, -0.15) is 0 Å². The lowest BCUT2D eigenvalue weighted by Crippen LogP contribution is -2.03. The van der Waals surface area contributed by atoms with Gasteiger partial charge in [0.2, 0.25) is 0 Å². The molecule has 0 aliphatic heterocycles. The second-order valence-electron chi connectivity index (χ2n) is 4.06. The molecular formula is C11H14BrClN2. The van der Waals surface area contributed by atoms with Crippen LogP contribution in [-0.4, -0.2) is 9.97 Å². The minimum absolute atomic E-state index is 0.512. The Bertz CT molecular complexity index is 335. The van der Waals surface area contributed by atoms with E-state index in [1.54, 1.807) is 6.20 Å². The van der Waals surface area contributed by atoms with Crippen molar-refractivity contribution in [2.24, 2.45) is 0 Å². The summed E-state index contributed by atoms with van der Waals surface area (Å²) < 4.78 is 0.779. The molecule has 0 aromatic carbocycles. The molecule has 0 spiro atoms. The van der Waals surface area contributed by atoms with Crippen LogP contribution in [-0.2, 0) is 0 Å². The van der Waals surface area contributed by atoms with Crippen LogP contribution in [0, 0.1) is 0 Å². The first-order chi connectivity index (χ1) is 7.27. The minimum Gasteiger partial charge on any atom is -0.240 e. The van der Waals surface area contributed by atoms with Crippen LogP contribution in [0.2, 0.25) is 5.15 Å². The normalized spacial score (nSPS) is 18.8. The maximum Gasteiger partial charge on any atom is 0.146 e. The molecule has 2 rings (SSSR count). The van der Waals surface area contributed by atoms with E-state index in [1.165, 1.54) is 38.5 Å². The van der Waals surface area contributed by atoms with E-state index in [0.29, 0.717) is 11.1 Å². The summed E-state index contributed by atoms with van der Waals surface area (Å²) in [5.41, 5.74) is 0. The standard InChI is InChI=1S/C11H14BrClN2/c12-9-7-14-11(15-10(9)13)8-5-3-1-2-4-6-8/h7-8H,1-6H2. The number of hydrogen-bond donors (Lipinski definition) is 0. The van der Waals surface area contributed by atoms with Crippen LogP contribution < -0.4 is 0 Å². The summed E-state index contributed by atoms with van der Waals surface area (Å²) in [6.07, 6.45) is 9.45. The Kier molecular flexibility index (Phi) is 3.98. The third kappa shape index (κ3) is 2.91. The van der Waals surface area contributed by atoms with Gasteiger partial charge in [-0.25, -0.2) is 9.97 Å². The van der Waals surface area contributed by atoms with Gasteiger partial charge < -0.3 is 0 Å². The van der Waals surface area contributed by atoms with Crippen molar-refractivity contribution in [3.63, 3.8) is 0 Å². The van der Waals surface area contributed by atoms with Crippen molar-refractivity contribution in [2.45, 2.75) is 44.4 Å². The van der Waals surface area contributed by atoms with Crippen molar-refractivity contribution in [3.05, 3.63) is 21.6 Å². The third-order valence-corrected chi connectivity index (χ3v) is 4.04. The molecule has 1 saturated carbocycles. The monoisotopic (exact) mass is 288 g/mol. The fraction of sp³-hybridized carbons (Fsp3) is 0.636. The van der Waals surface area contributed by atoms with Crippen molar-refractivity contribution in [2.75, 3.05) is 0 Å². The molecular weight excluding hydrogens is 275 g/mol. The summed E-state index contributed by atoms with van der Waals surface area (Å²) in [6, 6.07) is 0. The molecule has 0 N–H and O–H groups in total. The molecule has 1 fully saturated rings. The molecule has 1 aromatic heterocycles. The highest BCUT2D eigenvalue weighted by molar-refractivity contribution is 9.10. The molecule has 0 atom stereocenters. The Balaban J connectivity index is 2.16. The highest BCUT2D eigenvalue weighted by atomic mass is 79.9. The highest BCUT2D eigenvalue weighted by Crippen LogP contribution is 2.31. The SMILES string of the molecule is Clc1nc(C2CCCCCC2)ncc1Br. The van der Waals surface area contributed by atoms with Crippen LogP contribution in [0.25, 0.3) is 0 Å². The van der Waals surface area contributed by atoms with E-state index < -0.39 is 0 Å². The first kappa shape index (κ1) is 11.3. The summed E-state index contributed by atoms with van der Waals surface area (Å²) in [5.74, 6) is 1.43. The third-order valence-electron chi connectivity index (χ3n) is 2.94. The summed E-state index contributed by atoms with van der Waals surface area (Å²) in [6.45, 7) is 0. The zero-order chi connectivity index (χ0) is 10.7. The second-order valence-corrected chi connectivity index (χ2v) is 5.27. The molecule has 0 amide bonds. The van der Waals surface area contributed by atoms with Crippen LogP contribution in [0.4, 0.5) is 0 Å². The molecule has 2 nitrogen and oxygen atoms in total. The van der Waals surface area contributed by atoms with Gasteiger partial charge in [-0.05, 0) is 28.8 Å². The Morgan fingerprint density at radius 1 is 1.20 bits per heavy atom. The largest absolute Gasteiger partial charge is 0.240 e. The number of nitrogens with zero attached hydrogens (tertiary/aromatic N) is 2. The number of aromatic nitrogens is 2. The van der Waals surface area contributed by atoms with Gasteiger partial charge in [0.05, 0.1) is 4.47 Å². The molecule has 1 aromatic rings. The van der Waals surface area contributed by atoms with Crippen LogP contribution in [0.5, 0.6) is 0 Å². The van der Waals surface area contributed by atoms with Crippen molar-refractivity contribution in [1.29, 1.82) is 0 Å². The summed E-state index contributed by atoms with van der Waals surface area (Å²) >= 11 is 9.29. The summed E-state index contributed by atoms with van der Waals surface area (Å²) in [5, 5.41) is 0.532. The topological polar surface area (TPSA) is 25.8 Å². The van der Waals surface area contributed by atoms with Gasteiger partial charge in [0.1, 0.15) is 11.0 Å². The van der Waals surface area contributed by atoms with Crippen LogP contribution in [0.3, 0.4) is 0 Å². The average Bonchev–Trinajstić information content (AvgIpc) is 2.50. The van der Waals surface area contributed by atoms with Crippen LogP contribution in [0.1, 0.15) is 50.3 Å². The predicted octanol–water partition coefficient (Wildman–Crippen LogP) is 4.33. The zero-order valence-electron chi connectivity index (χ0n) is 8.55. The molecule has 0 bridgehead atoms. The summed E-state index contributed by atoms with van der Waals surface area (Å²) in [4.78, 5) is 8.71. The Morgan fingerprint density at radius 3 is 2.47 bits per heavy atom. The van der Waals surface area contributed by atoms with E-state index >= 15 is 0 Å². The minimum atomic E-state index is 0.512. The first-order valence-electron chi connectivity index (χ1n) is 5.45. The van der Waals surface area contributed by atoms with Gasteiger partial charge in [0.25, 0.3) is 0 Å². The first-order valence-corrected chi connectivity index (χ1v) is 6.62. The van der Waals surface area contributed by atoms with Gasteiger partial charge in [-0.1, -0.05) is 37.3 Å². The maximum absolute atomic E-state index is 5.98. The summed E-state index contributed by atoms with van der Waals surface area (Å²) in [7, 11) is 0. The molecule has 1 aliphatic carbocycles. The van der Waals surface area contributed by atoms with Gasteiger partial charge in [-0.3, -0.25) is 0 Å². The van der Waals surface area contributed by atoms with Gasteiger partial charge >= 0.3 is 0 Å². The number of rotatable bonds is 1. The van der Waals surface area contributed by atoms with E-state index in [2.05, 4.69) is 25.9 Å². The zero-order valence-corrected chi connectivity index (χ0v) is 10.9. The van der Waals surface area contributed by atoms with Crippen molar-refractivity contribution < 1.29 is 0 Å². The molecule has 82 valence electrons. The Morgan fingerprint density at radius 2 is 1.87 bits per heavy atom. The Hall–Kier alpha value is -0.150. The quantitative estimate of drug-likeness (QED) is 0.568. The molecule has 4 heteroatoms. The fourth-order valence-electron chi connectivity index (χ4n) is 2.09. The lowest BCUT2D eigenvalue weighted by molar-refractivity contribution is 0.560. The van der Waals surface area contributed by atoms with Crippen molar-refractivity contribution >= 4 is 27.5 Å². The highest BCUT2D eigenvalue weighted by Gasteiger charge is 2.17. The van der Waals surface area contributed by atoms with Crippen molar-refractivity contribution in [1.82, 2.24) is 9.97 Å². The van der Waals surface area contributed by atoms with Gasteiger partial charge in [-0.15, -0.1) is 0 Å². The van der Waals surface area contributed by atoms with E-state index in [4.69, 9.17) is 11.6 Å². The average molecular weight is 290 g/mol. The predicted molar refractivity (Wildman–Crippen MR) is 65.2 cm³/mol. The van der Waals surface area contributed by atoms with E-state index in [1.807, 2.05) is 0 Å². The lowest BCUT2D eigenvalue weighted by Gasteiger charge is -2.12. The molecule has 0 radical (unpaired) electrons. The van der Waals surface area contributed by atoms with E-state index in [0.717, 1.165) is 10.3 Å². The van der Waals surface area contributed by atoms with Crippen molar-refractivity contribution in [3.8, 4) is 0 Å². The van der Waals surface area contributed by atoms with Gasteiger partial charge in [0, 0.05) is 12.1 Å². The van der Waals surface area contributed by atoms with E-state index in [9.17, 15) is 0 Å².